The van der Waals surface area contributed by atoms with E-state index in [-0.39, 0.29) is 0 Å². The number of thiocarbonyl (C=S) groups is 1. The van der Waals surface area contributed by atoms with Crippen LogP contribution in [0.5, 0.6) is 0 Å². The Bertz CT molecular complexity index is 483. The van der Waals surface area contributed by atoms with Crippen LogP contribution in [0.4, 0.5) is 0 Å². The van der Waals surface area contributed by atoms with Crippen LogP contribution >= 0.6 is 23.6 Å². The Balaban J connectivity index is 1.27. The van der Waals surface area contributed by atoms with Crippen LogP contribution in [0.3, 0.4) is 0 Å². The summed E-state index contributed by atoms with van der Waals surface area (Å²) in [6, 6.07) is 2.22. The number of morpholine rings is 1. The number of nitrogens with one attached hydrogen (secondary N) is 1. The van der Waals surface area contributed by atoms with Crippen molar-refractivity contribution in [2.75, 3.05) is 65.6 Å². The zero-order valence-electron chi connectivity index (χ0n) is 14.3. The second-order valence-corrected chi connectivity index (χ2v) is 7.60. The molecule has 0 unspecified atom stereocenters. The van der Waals surface area contributed by atoms with Crippen LogP contribution in [-0.4, -0.2) is 85.4 Å². The van der Waals surface area contributed by atoms with Gasteiger partial charge < -0.3 is 15.0 Å². The van der Waals surface area contributed by atoms with Crippen molar-refractivity contribution in [3.8, 4) is 0 Å². The van der Waals surface area contributed by atoms with Crippen molar-refractivity contribution >= 4 is 28.7 Å². The van der Waals surface area contributed by atoms with E-state index in [0.29, 0.717) is 0 Å². The number of thiophene rings is 1. The Morgan fingerprint density at radius 2 is 1.92 bits per heavy atom. The zero-order chi connectivity index (χ0) is 16.6. The van der Waals surface area contributed by atoms with E-state index in [1.165, 1.54) is 5.56 Å². The summed E-state index contributed by atoms with van der Waals surface area (Å²) in [6.07, 6.45) is 1.14. The molecule has 134 valence electrons. The summed E-state index contributed by atoms with van der Waals surface area (Å²) in [6.45, 7) is 11.3. The Morgan fingerprint density at radius 1 is 1.12 bits per heavy atom. The molecule has 7 heteroatoms. The maximum Gasteiger partial charge on any atom is 0.169 e. The van der Waals surface area contributed by atoms with Crippen molar-refractivity contribution in [1.29, 1.82) is 0 Å². The van der Waals surface area contributed by atoms with Crippen molar-refractivity contribution in [3.05, 3.63) is 22.4 Å². The normalized spacial score (nSPS) is 20.2. The van der Waals surface area contributed by atoms with Gasteiger partial charge in [-0.15, -0.1) is 0 Å². The highest BCUT2D eigenvalue weighted by atomic mass is 32.1. The molecule has 0 aliphatic carbocycles. The van der Waals surface area contributed by atoms with Crippen molar-refractivity contribution in [3.63, 3.8) is 0 Å². The van der Waals surface area contributed by atoms with Crippen LogP contribution in [0.25, 0.3) is 0 Å². The Labute approximate surface area is 154 Å². The van der Waals surface area contributed by atoms with Crippen LogP contribution in [0.2, 0.25) is 0 Å². The number of hydrogen-bond donors (Lipinski definition) is 1. The van der Waals surface area contributed by atoms with Gasteiger partial charge in [-0.1, -0.05) is 0 Å². The summed E-state index contributed by atoms with van der Waals surface area (Å²) >= 11 is 7.34. The highest BCUT2D eigenvalue weighted by Crippen LogP contribution is 2.11. The van der Waals surface area contributed by atoms with Gasteiger partial charge in [0.05, 0.1) is 13.2 Å². The first-order valence-electron chi connectivity index (χ1n) is 8.87. The van der Waals surface area contributed by atoms with E-state index in [1.54, 1.807) is 11.3 Å². The van der Waals surface area contributed by atoms with Crippen LogP contribution < -0.4 is 5.32 Å². The third kappa shape index (κ3) is 5.67. The molecule has 0 bridgehead atoms. The van der Waals surface area contributed by atoms with E-state index in [2.05, 4.69) is 36.8 Å². The predicted molar refractivity (Wildman–Crippen MR) is 104 cm³/mol. The minimum atomic E-state index is 0.876. The standard InChI is InChI=1S/C17H28N4OS2/c23-17(18-3-1-4-19-9-11-22-12-10-19)21-7-5-20(6-8-21)14-16-2-13-24-15-16/h2,13,15H,1,3-12,14H2,(H,18,23). The second kappa shape index (κ2) is 9.68. The number of piperazine rings is 1. The summed E-state index contributed by atoms with van der Waals surface area (Å²) in [4.78, 5) is 7.30. The highest BCUT2D eigenvalue weighted by Gasteiger charge is 2.19. The molecule has 2 aliphatic rings. The summed E-state index contributed by atoms with van der Waals surface area (Å²) < 4.78 is 5.38. The molecular formula is C17H28N4OS2. The maximum atomic E-state index is 5.56. The lowest BCUT2D eigenvalue weighted by atomic mass is 10.2. The molecular weight excluding hydrogens is 340 g/mol. The monoisotopic (exact) mass is 368 g/mol. The topological polar surface area (TPSA) is 31.0 Å². The average Bonchev–Trinajstić information content (AvgIpc) is 3.13. The lowest BCUT2D eigenvalue weighted by Crippen LogP contribution is -2.51. The summed E-state index contributed by atoms with van der Waals surface area (Å²) in [5.41, 5.74) is 1.43. The van der Waals surface area contributed by atoms with Gasteiger partial charge in [0.1, 0.15) is 0 Å². The number of ether oxygens (including phenoxy) is 1. The van der Waals surface area contributed by atoms with Gasteiger partial charge in [-0.05, 0) is 47.6 Å². The van der Waals surface area contributed by atoms with Crippen LogP contribution in [0.1, 0.15) is 12.0 Å². The predicted octanol–water partition coefficient (Wildman–Crippen LogP) is 1.46. The van der Waals surface area contributed by atoms with E-state index in [4.69, 9.17) is 17.0 Å². The maximum absolute atomic E-state index is 5.56. The SMILES string of the molecule is S=C(NCCCN1CCOCC1)N1CCN(Cc2ccsc2)CC1. The second-order valence-electron chi connectivity index (χ2n) is 6.43. The average molecular weight is 369 g/mol. The van der Waals surface area contributed by atoms with Crippen molar-refractivity contribution in [1.82, 2.24) is 20.0 Å². The Hall–Kier alpha value is -0.730. The van der Waals surface area contributed by atoms with Crippen molar-refractivity contribution in [2.45, 2.75) is 13.0 Å². The fourth-order valence-electron chi connectivity index (χ4n) is 3.18. The molecule has 1 aromatic heterocycles. The van der Waals surface area contributed by atoms with Gasteiger partial charge in [0.25, 0.3) is 0 Å². The van der Waals surface area contributed by atoms with Crippen LogP contribution in [0.15, 0.2) is 16.8 Å². The molecule has 2 fully saturated rings. The molecule has 1 aromatic rings. The molecule has 0 atom stereocenters. The Kier molecular flexibility index (Phi) is 7.29. The highest BCUT2D eigenvalue weighted by molar-refractivity contribution is 7.80. The number of hydrogen-bond acceptors (Lipinski definition) is 5. The van der Waals surface area contributed by atoms with Gasteiger partial charge in [-0.2, -0.15) is 11.3 Å². The molecule has 5 nitrogen and oxygen atoms in total. The first-order valence-corrected chi connectivity index (χ1v) is 10.2. The molecule has 1 N–H and O–H groups in total. The van der Waals surface area contributed by atoms with Crippen LogP contribution in [-0.2, 0) is 11.3 Å². The summed E-state index contributed by atoms with van der Waals surface area (Å²) in [7, 11) is 0. The fraction of sp³-hybridized carbons (Fsp3) is 0.706. The first-order chi connectivity index (χ1) is 11.8. The molecule has 24 heavy (non-hydrogen) atoms. The first kappa shape index (κ1) is 18.1. The minimum absolute atomic E-state index is 0.876. The molecule has 2 saturated heterocycles. The van der Waals surface area contributed by atoms with Gasteiger partial charge in [0.2, 0.25) is 0 Å². The van der Waals surface area contributed by atoms with Gasteiger partial charge in [-0.3, -0.25) is 9.80 Å². The van der Waals surface area contributed by atoms with Crippen LogP contribution in [0, 0.1) is 0 Å². The van der Waals surface area contributed by atoms with Gasteiger partial charge in [0, 0.05) is 52.4 Å². The fourth-order valence-corrected chi connectivity index (χ4v) is 4.13. The molecule has 0 radical (unpaired) electrons. The molecule has 0 aromatic carbocycles. The van der Waals surface area contributed by atoms with E-state index < -0.39 is 0 Å². The van der Waals surface area contributed by atoms with E-state index >= 15 is 0 Å². The van der Waals surface area contributed by atoms with Gasteiger partial charge >= 0.3 is 0 Å². The van der Waals surface area contributed by atoms with E-state index in [9.17, 15) is 0 Å². The summed E-state index contributed by atoms with van der Waals surface area (Å²) in [5, 5.41) is 8.76. The van der Waals surface area contributed by atoms with Crippen molar-refractivity contribution in [2.24, 2.45) is 0 Å². The Morgan fingerprint density at radius 3 is 2.62 bits per heavy atom. The number of nitrogens with zero attached hydrogens (tertiary/aromatic N) is 3. The lowest BCUT2D eigenvalue weighted by Gasteiger charge is -2.36. The van der Waals surface area contributed by atoms with E-state index in [0.717, 1.165) is 83.6 Å². The molecule has 0 spiro atoms. The molecule has 3 rings (SSSR count). The lowest BCUT2D eigenvalue weighted by molar-refractivity contribution is 0.0375. The van der Waals surface area contributed by atoms with E-state index in [1.807, 2.05) is 0 Å². The minimum Gasteiger partial charge on any atom is -0.379 e. The molecule has 2 aliphatic heterocycles. The van der Waals surface area contributed by atoms with Gasteiger partial charge in [-0.25, -0.2) is 0 Å². The quantitative estimate of drug-likeness (QED) is 0.604. The number of rotatable bonds is 6. The summed E-state index contributed by atoms with van der Waals surface area (Å²) in [5.74, 6) is 0. The van der Waals surface area contributed by atoms with Crippen molar-refractivity contribution < 1.29 is 4.74 Å². The molecule has 3 heterocycles. The third-order valence-corrected chi connectivity index (χ3v) is 5.81. The molecule has 0 saturated carbocycles. The zero-order valence-corrected chi connectivity index (χ0v) is 15.9. The largest absolute Gasteiger partial charge is 0.379 e. The smallest absolute Gasteiger partial charge is 0.169 e. The van der Waals surface area contributed by atoms with Gasteiger partial charge in [0.15, 0.2) is 5.11 Å². The molecule has 0 amide bonds. The third-order valence-electron chi connectivity index (χ3n) is 4.68.